The molecule has 1 fully saturated rings. The number of aromatic amines is 1. The molecule has 1 atom stereocenters. The topological polar surface area (TPSA) is 82.2 Å². The molecule has 5 nitrogen and oxygen atoms in total. The number of H-pyrrole nitrogens is 1. The second-order valence-electron chi connectivity index (χ2n) is 7.06. The zero-order valence-corrected chi connectivity index (χ0v) is 14.5. The first-order valence-corrected chi connectivity index (χ1v) is 9.20. The lowest BCUT2D eigenvalue weighted by atomic mass is 10.0. The van der Waals surface area contributed by atoms with Crippen LogP contribution in [0.4, 0.5) is 0 Å². The minimum absolute atomic E-state index is 0.162. The first-order chi connectivity index (χ1) is 12.1. The number of aromatic nitrogens is 1. The third kappa shape index (κ3) is 4.62. The second kappa shape index (κ2) is 8.19. The molecule has 1 amide bonds. The molecule has 1 aromatic heterocycles. The fraction of sp³-hybridized carbons (Fsp3) is 0.500. The summed E-state index contributed by atoms with van der Waals surface area (Å²) in [6, 6.07) is 6.89. The van der Waals surface area contributed by atoms with Crippen molar-refractivity contribution >= 4 is 22.8 Å². The lowest BCUT2D eigenvalue weighted by molar-refractivity contribution is -0.141. The van der Waals surface area contributed by atoms with Crippen LogP contribution in [0.5, 0.6) is 0 Å². The van der Waals surface area contributed by atoms with Crippen LogP contribution in [-0.4, -0.2) is 28.0 Å². The Morgan fingerprint density at radius 1 is 1.24 bits per heavy atom. The van der Waals surface area contributed by atoms with E-state index in [9.17, 15) is 14.7 Å². The highest BCUT2D eigenvalue weighted by Gasteiger charge is 2.22. The van der Waals surface area contributed by atoms with E-state index in [2.05, 4.69) is 10.3 Å². The molecule has 0 radical (unpaired) electrons. The maximum absolute atomic E-state index is 12.1. The quantitative estimate of drug-likeness (QED) is 0.685. The minimum Gasteiger partial charge on any atom is -0.480 e. The molecule has 1 aromatic carbocycles. The maximum atomic E-state index is 12.1. The predicted molar refractivity (Wildman–Crippen MR) is 97.4 cm³/mol. The number of hydrogen-bond donors (Lipinski definition) is 3. The monoisotopic (exact) mass is 342 g/mol. The van der Waals surface area contributed by atoms with Gasteiger partial charge in [0.2, 0.25) is 5.91 Å². The van der Waals surface area contributed by atoms with Gasteiger partial charge in [-0.3, -0.25) is 4.79 Å². The molecule has 3 N–H and O–H groups in total. The van der Waals surface area contributed by atoms with E-state index in [0.717, 1.165) is 35.2 Å². The van der Waals surface area contributed by atoms with Crippen LogP contribution in [0.25, 0.3) is 10.9 Å². The Hall–Kier alpha value is -2.30. The van der Waals surface area contributed by atoms with Crippen LogP contribution in [-0.2, 0) is 16.0 Å². The Labute approximate surface area is 147 Å². The molecule has 0 aliphatic heterocycles. The van der Waals surface area contributed by atoms with Crippen LogP contribution in [0.2, 0.25) is 0 Å². The number of aliphatic carboxylic acids is 1. The number of amides is 1. The van der Waals surface area contributed by atoms with Gasteiger partial charge in [-0.2, -0.15) is 0 Å². The van der Waals surface area contributed by atoms with Gasteiger partial charge in [-0.15, -0.1) is 0 Å². The third-order valence-electron chi connectivity index (χ3n) is 5.22. The molecular formula is C20H26N2O3. The van der Waals surface area contributed by atoms with Crippen molar-refractivity contribution in [1.82, 2.24) is 10.3 Å². The molecular weight excluding hydrogens is 316 g/mol. The molecule has 0 saturated heterocycles. The molecule has 25 heavy (non-hydrogen) atoms. The molecule has 1 heterocycles. The maximum Gasteiger partial charge on any atom is 0.326 e. The summed E-state index contributed by atoms with van der Waals surface area (Å²) in [5, 5.41) is 13.2. The van der Waals surface area contributed by atoms with E-state index in [1.54, 1.807) is 0 Å². The second-order valence-corrected chi connectivity index (χ2v) is 7.06. The van der Waals surface area contributed by atoms with E-state index >= 15 is 0 Å². The fourth-order valence-corrected chi connectivity index (χ4v) is 3.84. The van der Waals surface area contributed by atoms with Crippen molar-refractivity contribution in [2.45, 2.75) is 57.4 Å². The molecule has 0 spiro atoms. The molecule has 0 bridgehead atoms. The van der Waals surface area contributed by atoms with Crippen LogP contribution in [0.15, 0.2) is 30.5 Å². The van der Waals surface area contributed by atoms with Gasteiger partial charge in [0.05, 0.1) is 0 Å². The van der Waals surface area contributed by atoms with Gasteiger partial charge in [-0.25, -0.2) is 4.79 Å². The molecule has 1 unspecified atom stereocenters. The highest BCUT2D eigenvalue weighted by atomic mass is 16.4. The summed E-state index contributed by atoms with van der Waals surface area (Å²) in [7, 11) is 0. The summed E-state index contributed by atoms with van der Waals surface area (Å²) in [6.07, 6.45) is 9.61. The molecule has 1 aliphatic carbocycles. The number of carboxylic acid groups (broad SMARTS) is 1. The molecule has 1 aliphatic rings. The number of fused-ring (bicyclic) bond motifs is 1. The number of carbonyl (C=O) groups excluding carboxylic acids is 1. The summed E-state index contributed by atoms with van der Waals surface area (Å²) < 4.78 is 0. The first kappa shape index (κ1) is 17.5. The van der Waals surface area contributed by atoms with Crippen molar-refractivity contribution in [3.8, 4) is 0 Å². The van der Waals surface area contributed by atoms with Gasteiger partial charge in [0.1, 0.15) is 6.04 Å². The SMILES string of the molecule is O=C(CCCC1CCCC1)NC(Cc1c[nH]c2ccccc12)C(=O)O. The van der Waals surface area contributed by atoms with Crippen molar-refractivity contribution in [2.24, 2.45) is 5.92 Å². The normalized spacial score (nSPS) is 16.2. The van der Waals surface area contributed by atoms with E-state index in [1.165, 1.54) is 25.7 Å². The summed E-state index contributed by atoms with van der Waals surface area (Å²) in [6.45, 7) is 0. The van der Waals surface area contributed by atoms with Crippen LogP contribution in [0, 0.1) is 5.92 Å². The Kier molecular flexibility index (Phi) is 5.74. The Morgan fingerprint density at radius 3 is 2.76 bits per heavy atom. The fourth-order valence-electron chi connectivity index (χ4n) is 3.84. The summed E-state index contributed by atoms with van der Waals surface area (Å²) in [4.78, 5) is 26.8. The van der Waals surface area contributed by atoms with Crippen molar-refractivity contribution in [2.75, 3.05) is 0 Å². The predicted octanol–water partition coefficient (Wildman–Crippen LogP) is 3.64. The van der Waals surface area contributed by atoms with Gasteiger partial charge < -0.3 is 15.4 Å². The zero-order valence-electron chi connectivity index (χ0n) is 14.5. The first-order valence-electron chi connectivity index (χ1n) is 9.20. The number of hydrogen-bond acceptors (Lipinski definition) is 2. The third-order valence-corrected chi connectivity index (χ3v) is 5.22. The largest absolute Gasteiger partial charge is 0.480 e. The molecule has 1 saturated carbocycles. The molecule has 3 rings (SSSR count). The van der Waals surface area contributed by atoms with Crippen molar-refractivity contribution in [1.29, 1.82) is 0 Å². The van der Waals surface area contributed by atoms with Crippen molar-refractivity contribution < 1.29 is 14.7 Å². The smallest absolute Gasteiger partial charge is 0.326 e. The Morgan fingerprint density at radius 2 is 2.00 bits per heavy atom. The van der Waals surface area contributed by atoms with Gasteiger partial charge in [-0.05, 0) is 30.4 Å². The van der Waals surface area contributed by atoms with Gasteiger partial charge in [-0.1, -0.05) is 43.9 Å². The summed E-state index contributed by atoms with van der Waals surface area (Å²) in [5.74, 6) is -0.394. The number of benzene rings is 1. The zero-order chi connectivity index (χ0) is 17.6. The number of nitrogens with one attached hydrogen (secondary N) is 2. The molecule has 2 aromatic rings. The van der Waals surface area contributed by atoms with Gasteiger partial charge >= 0.3 is 5.97 Å². The average molecular weight is 342 g/mol. The van der Waals surface area contributed by atoms with Crippen LogP contribution in [0.3, 0.4) is 0 Å². The lowest BCUT2D eigenvalue weighted by Gasteiger charge is -2.15. The molecule has 134 valence electrons. The van der Waals surface area contributed by atoms with E-state index in [0.29, 0.717) is 6.42 Å². The minimum atomic E-state index is -0.991. The standard InChI is InChI=1S/C20H26N2O3/c23-19(11-5-8-14-6-1-2-7-14)22-18(20(24)25)12-15-13-21-17-10-4-3-9-16(15)17/h3-4,9-10,13-14,18,21H,1-2,5-8,11-12H2,(H,22,23)(H,24,25). The van der Waals surface area contributed by atoms with Gasteiger partial charge in [0.25, 0.3) is 0 Å². The van der Waals surface area contributed by atoms with E-state index in [-0.39, 0.29) is 12.3 Å². The summed E-state index contributed by atoms with van der Waals surface area (Å²) >= 11 is 0. The Balaban J connectivity index is 1.53. The van der Waals surface area contributed by atoms with Crippen molar-refractivity contribution in [3.63, 3.8) is 0 Å². The number of carbonyl (C=O) groups is 2. The average Bonchev–Trinajstić information content (AvgIpc) is 3.24. The number of carboxylic acids is 1. The van der Waals surface area contributed by atoms with Gasteiger partial charge in [0, 0.05) is 29.9 Å². The van der Waals surface area contributed by atoms with E-state index < -0.39 is 12.0 Å². The highest BCUT2D eigenvalue weighted by molar-refractivity contribution is 5.86. The van der Waals surface area contributed by atoms with Crippen LogP contribution >= 0.6 is 0 Å². The molecule has 5 heteroatoms. The van der Waals surface area contributed by atoms with E-state index in [1.807, 2.05) is 30.5 Å². The highest BCUT2D eigenvalue weighted by Crippen LogP contribution is 2.28. The Bertz CT molecular complexity index is 731. The van der Waals surface area contributed by atoms with Crippen molar-refractivity contribution in [3.05, 3.63) is 36.0 Å². The van der Waals surface area contributed by atoms with Gasteiger partial charge in [0.15, 0.2) is 0 Å². The van der Waals surface area contributed by atoms with E-state index in [4.69, 9.17) is 0 Å². The van der Waals surface area contributed by atoms with Crippen LogP contribution in [0.1, 0.15) is 50.5 Å². The number of para-hydroxylation sites is 1. The number of rotatable bonds is 8. The van der Waals surface area contributed by atoms with Crippen LogP contribution < -0.4 is 5.32 Å². The lowest BCUT2D eigenvalue weighted by Crippen LogP contribution is -2.42. The summed E-state index contributed by atoms with van der Waals surface area (Å²) in [5.41, 5.74) is 1.89.